The fraction of sp³-hybridized carbons (Fsp3) is 0.231. The van der Waals surface area contributed by atoms with Crippen LogP contribution in [0.4, 0.5) is 0 Å². The summed E-state index contributed by atoms with van der Waals surface area (Å²) in [5.41, 5.74) is 6.19. The Hall–Kier alpha value is -1.85. The van der Waals surface area contributed by atoms with E-state index in [0.717, 1.165) is 0 Å². The van der Waals surface area contributed by atoms with Gasteiger partial charge in [-0.25, -0.2) is 4.98 Å². The molecule has 0 amide bonds. The summed E-state index contributed by atoms with van der Waals surface area (Å²) in [6.45, 7) is 1.11. The monoisotopic (exact) mass is 279 g/mol. The summed E-state index contributed by atoms with van der Waals surface area (Å²) in [5.74, 6) is 0.248. The molecule has 100 valence electrons. The molecule has 0 aliphatic rings. The van der Waals surface area contributed by atoms with Gasteiger partial charge < -0.3 is 15.0 Å². The number of ketones is 1. The van der Waals surface area contributed by atoms with Crippen molar-refractivity contribution >= 4 is 17.4 Å². The summed E-state index contributed by atoms with van der Waals surface area (Å²) >= 11 is 5.91. The third kappa shape index (κ3) is 2.94. The van der Waals surface area contributed by atoms with E-state index in [1.54, 1.807) is 35.3 Å². The molecule has 1 aromatic carbocycles. The average molecular weight is 280 g/mol. The first-order valence-electron chi connectivity index (χ1n) is 5.75. The van der Waals surface area contributed by atoms with Gasteiger partial charge in [0.15, 0.2) is 0 Å². The van der Waals surface area contributed by atoms with Gasteiger partial charge in [0.25, 0.3) is 0 Å². The maximum absolute atomic E-state index is 12.4. The van der Waals surface area contributed by atoms with E-state index in [4.69, 9.17) is 22.1 Å². The Bertz CT molecular complexity index is 595. The van der Waals surface area contributed by atoms with Gasteiger partial charge in [-0.15, -0.1) is 0 Å². The molecule has 0 spiro atoms. The van der Waals surface area contributed by atoms with Gasteiger partial charge in [0.1, 0.15) is 11.4 Å². The molecule has 0 bridgehead atoms. The van der Waals surface area contributed by atoms with Crippen molar-refractivity contribution in [2.24, 2.45) is 5.73 Å². The number of carbonyl (C=O) groups excluding carboxylic acids is 1. The molecule has 0 saturated carbocycles. The molecule has 0 unspecified atom stereocenters. The van der Waals surface area contributed by atoms with Gasteiger partial charge in [0, 0.05) is 24.3 Å². The maximum Gasteiger partial charge on any atom is 0.216 e. The molecule has 1 aromatic heterocycles. The van der Waals surface area contributed by atoms with Gasteiger partial charge in [-0.2, -0.15) is 0 Å². The van der Waals surface area contributed by atoms with Crippen LogP contribution in [-0.2, 0) is 6.54 Å². The van der Waals surface area contributed by atoms with Crippen LogP contribution in [0.25, 0.3) is 0 Å². The van der Waals surface area contributed by atoms with Crippen LogP contribution in [0.5, 0.6) is 5.75 Å². The number of ether oxygens (including phenoxy) is 1. The lowest BCUT2D eigenvalue weighted by Gasteiger charge is -2.06. The molecular formula is C13H14ClN3O2. The number of rotatable bonds is 5. The normalized spacial score (nSPS) is 10.5. The van der Waals surface area contributed by atoms with Crippen LogP contribution in [0.2, 0.25) is 5.02 Å². The third-order valence-electron chi connectivity index (χ3n) is 2.66. The van der Waals surface area contributed by atoms with Crippen molar-refractivity contribution < 1.29 is 9.53 Å². The smallest absolute Gasteiger partial charge is 0.216 e. The van der Waals surface area contributed by atoms with Crippen LogP contribution in [0.15, 0.2) is 30.7 Å². The molecule has 2 N–H and O–H groups in total. The number of aromatic nitrogens is 2. The lowest BCUT2D eigenvalue weighted by Crippen LogP contribution is -2.08. The second-order valence-corrected chi connectivity index (χ2v) is 4.40. The number of nitrogens with two attached hydrogens (primary N) is 1. The molecule has 19 heavy (non-hydrogen) atoms. The predicted octanol–water partition coefficient (Wildman–Crippen LogP) is 1.73. The van der Waals surface area contributed by atoms with Crippen molar-refractivity contribution in [2.75, 3.05) is 13.7 Å². The molecule has 0 atom stereocenters. The maximum atomic E-state index is 12.4. The molecule has 0 aliphatic heterocycles. The molecule has 0 radical (unpaired) electrons. The van der Waals surface area contributed by atoms with Crippen LogP contribution in [0, 0.1) is 0 Å². The van der Waals surface area contributed by atoms with E-state index in [0.29, 0.717) is 35.1 Å². The molecule has 1 heterocycles. The van der Waals surface area contributed by atoms with Gasteiger partial charge in [-0.1, -0.05) is 11.6 Å². The summed E-state index contributed by atoms with van der Waals surface area (Å²) in [5, 5.41) is 0.477. The zero-order valence-electron chi connectivity index (χ0n) is 10.5. The van der Waals surface area contributed by atoms with Crippen molar-refractivity contribution in [3.8, 4) is 5.75 Å². The number of nitrogens with zero attached hydrogens (tertiary/aromatic N) is 2. The molecule has 2 rings (SSSR count). The van der Waals surface area contributed by atoms with E-state index < -0.39 is 0 Å². The zero-order chi connectivity index (χ0) is 13.8. The second kappa shape index (κ2) is 5.86. The zero-order valence-corrected chi connectivity index (χ0v) is 11.2. The van der Waals surface area contributed by atoms with E-state index in [1.165, 1.54) is 7.11 Å². The topological polar surface area (TPSA) is 70.1 Å². The fourth-order valence-corrected chi connectivity index (χ4v) is 1.92. The van der Waals surface area contributed by atoms with Gasteiger partial charge in [-0.3, -0.25) is 4.79 Å². The van der Waals surface area contributed by atoms with E-state index in [1.807, 2.05) is 0 Å². The molecule has 2 aromatic rings. The minimum absolute atomic E-state index is 0.227. The highest BCUT2D eigenvalue weighted by Gasteiger charge is 2.17. The number of methoxy groups -OCH3 is 1. The number of hydrogen-bond donors (Lipinski definition) is 1. The first-order chi connectivity index (χ1) is 9.15. The number of halogens is 1. The van der Waals surface area contributed by atoms with Gasteiger partial charge in [-0.05, 0) is 18.2 Å². The molecule has 5 nitrogen and oxygen atoms in total. The molecule has 6 heteroatoms. The molecule has 0 aliphatic carbocycles. The van der Waals surface area contributed by atoms with Gasteiger partial charge in [0.05, 0.1) is 19.0 Å². The van der Waals surface area contributed by atoms with E-state index in [2.05, 4.69) is 4.98 Å². The Morgan fingerprint density at radius 1 is 1.53 bits per heavy atom. The lowest BCUT2D eigenvalue weighted by atomic mass is 10.1. The van der Waals surface area contributed by atoms with Crippen LogP contribution in [0.1, 0.15) is 16.1 Å². The minimum Gasteiger partial charge on any atom is -0.496 e. The second-order valence-electron chi connectivity index (χ2n) is 3.96. The SMILES string of the molecule is COc1ccc(Cl)cc1C(=O)c1cn(CCN)cn1. The van der Waals surface area contributed by atoms with Gasteiger partial charge >= 0.3 is 0 Å². The third-order valence-corrected chi connectivity index (χ3v) is 2.89. The van der Waals surface area contributed by atoms with Gasteiger partial charge in [0.2, 0.25) is 5.78 Å². The predicted molar refractivity (Wildman–Crippen MR) is 72.7 cm³/mol. The standard InChI is InChI=1S/C13H14ClN3O2/c1-19-12-3-2-9(14)6-10(12)13(18)11-7-17(5-4-15)8-16-11/h2-3,6-8H,4-5,15H2,1H3. The highest BCUT2D eigenvalue weighted by molar-refractivity contribution is 6.31. The Labute approximate surface area is 116 Å². The molecular weight excluding hydrogens is 266 g/mol. The fourth-order valence-electron chi connectivity index (χ4n) is 1.74. The Morgan fingerprint density at radius 3 is 3.00 bits per heavy atom. The van der Waals surface area contributed by atoms with E-state index in [-0.39, 0.29) is 5.78 Å². The van der Waals surface area contributed by atoms with E-state index in [9.17, 15) is 4.79 Å². The summed E-state index contributed by atoms with van der Waals surface area (Å²) < 4.78 is 6.93. The number of imidazole rings is 1. The minimum atomic E-state index is -0.227. The summed E-state index contributed by atoms with van der Waals surface area (Å²) in [7, 11) is 1.51. The van der Waals surface area contributed by atoms with Crippen molar-refractivity contribution in [3.05, 3.63) is 47.0 Å². The largest absolute Gasteiger partial charge is 0.496 e. The number of benzene rings is 1. The first kappa shape index (κ1) is 13.6. The quantitative estimate of drug-likeness (QED) is 0.846. The first-order valence-corrected chi connectivity index (χ1v) is 6.13. The van der Waals surface area contributed by atoms with Crippen molar-refractivity contribution in [1.82, 2.24) is 9.55 Å². The van der Waals surface area contributed by atoms with Crippen LogP contribution in [0.3, 0.4) is 0 Å². The van der Waals surface area contributed by atoms with Crippen LogP contribution in [-0.4, -0.2) is 29.0 Å². The van der Waals surface area contributed by atoms with Crippen molar-refractivity contribution in [2.45, 2.75) is 6.54 Å². The average Bonchev–Trinajstić information content (AvgIpc) is 2.87. The highest BCUT2D eigenvalue weighted by atomic mass is 35.5. The Balaban J connectivity index is 2.34. The Morgan fingerprint density at radius 2 is 2.32 bits per heavy atom. The summed E-state index contributed by atoms with van der Waals surface area (Å²) in [6.07, 6.45) is 3.24. The van der Waals surface area contributed by atoms with E-state index >= 15 is 0 Å². The summed E-state index contributed by atoms with van der Waals surface area (Å²) in [6, 6.07) is 4.90. The van der Waals surface area contributed by atoms with Crippen molar-refractivity contribution in [1.29, 1.82) is 0 Å². The molecule has 0 saturated heterocycles. The van der Waals surface area contributed by atoms with Crippen LogP contribution < -0.4 is 10.5 Å². The molecule has 0 fully saturated rings. The summed E-state index contributed by atoms with van der Waals surface area (Å²) in [4.78, 5) is 16.4. The lowest BCUT2D eigenvalue weighted by molar-refractivity contribution is 0.103. The number of carbonyl (C=O) groups is 1. The van der Waals surface area contributed by atoms with Crippen LogP contribution >= 0.6 is 11.6 Å². The Kier molecular flexibility index (Phi) is 4.19. The number of hydrogen-bond acceptors (Lipinski definition) is 4. The van der Waals surface area contributed by atoms with Crippen molar-refractivity contribution in [3.63, 3.8) is 0 Å². The highest BCUT2D eigenvalue weighted by Crippen LogP contribution is 2.24.